The lowest BCUT2D eigenvalue weighted by Gasteiger charge is -2.37. The topological polar surface area (TPSA) is 57.2 Å². The third-order valence-electron chi connectivity index (χ3n) is 5.57. The molecule has 1 atom stereocenters. The van der Waals surface area contributed by atoms with Gasteiger partial charge in [-0.1, -0.05) is 19.1 Å². The highest BCUT2D eigenvalue weighted by atomic mass is 15.3. The van der Waals surface area contributed by atoms with Crippen LogP contribution in [0.2, 0.25) is 0 Å². The average Bonchev–Trinajstić information content (AvgIpc) is 2.77. The maximum atomic E-state index is 4.82. The van der Waals surface area contributed by atoms with Crippen LogP contribution in [0, 0.1) is 0 Å². The van der Waals surface area contributed by atoms with Gasteiger partial charge >= 0.3 is 0 Å². The minimum Gasteiger partial charge on any atom is -0.368 e. The summed E-state index contributed by atoms with van der Waals surface area (Å²) in [7, 11) is 0. The zero-order chi connectivity index (χ0) is 19.3. The van der Waals surface area contributed by atoms with Crippen molar-refractivity contribution in [1.29, 1.82) is 0 Å². The molecule has 0 radical (unpaired) electrons. The predicted molar refractivity (Wildman–Crippen MR) is 114 cm³/mol. The third kappa shape index (κ3) is 4.13. The van der Waals surface area contributed by atoms with Crippen LogP contribution in [0.1, 0.15) is 13.8 Å². The molecule has 6 nitrogen and oxygen atoms in total. The normalized spacial score (nSPS) is 16.9. The van der Waals surface area contributed by atoms with Gasteiger partial charge in [0.15, 0.2) is 5.82 Å². The van der Waals surface area contributed by atoms with Crippen molar-refractivity contribution in [3.63, 3.8) is 0 Å². The summed E-state index contributed by atoms with van der Waals surface area (Å²) in [6.45, 7) is 11.1. The van der Waals surface area contributed by atoms with E-state index in [-0.39, 0.29) is 0 Å². The standard InChI is InChI=1S/C22H28N6/c1-3-27-11-13-28(14-12-27)17(2)15-24-22-19-8-4-5-9-20(19)25-21(26-22)18-7-6-10-23-16-18/h4-10,16-17H,3,11-15H2,1-2H3,(H,24,25,26). The van der Waals surface area contributed by atoms with Gasteiger partial charge in [-0.25, -0.2) is 9.97 Å². The lowest BCUT2D eigenvalue weighted by atomic mass is 10.2. The van der Waals surface area contributed by atoms with E-state index < -0.39 is 0 Å². The molecule has 0 saturated carbocycles. The number of para-hydroxylation sites is 1. The number of aromatic nitrogens is 3. The zero-order valence-electron chi connectivity index (χ0n) is 16.7. The summed E-state index contributed by atoms with van der Waals surface area (Å²) in [6, 6.07) is 12.5. The van der Waals surface area contributed by atoms with Crippen molar-refractivity contribution in [2.45, 2.75) is 19.9 Å². The number of rotatable bonds is 6. The lowest BCUT2D eigenvalue weighted by molar-refractivity contribution is 0.110. The highest BCUT2D eigenvalue weighted by Gasteiger charge is 2.20. The molecule has 6 heteroatoms. The molecule has 4 rings (SSSR count). The summed E-state index contributed by atoms with van der Waals surface area (Å²) < 4.78 is 0. The molecule has 1 aliphatic rings. The molecule has 2 aromatic heterocycles. The number of piperazine rings is 1. The molecule has 0 bridgehead atoms. The first-order valence-electron chi connectivity index (χ1n) is 10.1. The van der Waals surface area contributed by atoms with Crippen LogP contribution in [-0.4, -0.2) is 70.1 Å². The van der Waals surface area contributed by atoms with Crippen molar-refractivity contribution in [2.75, 3.05) is 44.6 Å². The maximum Gasteiger partial charge on any atom is 0.163 e. The van der Waals surface area contributed by atoms with E-state index in [4.69, 9.17) is 9.97 Å². The molecule has 3 heterocycles. The summed E-state index contributed by atoms with van der Waals surface area (Å²) in [5.41, 5.74) is 1.88. The molecule has 0 amide bonds. The van der Waals surface area contributed by atoms with E-state index in [9.17, 15) is 0 Å². The first-order valence-corrected chi connectivity index (χ1v) is 10.1. The molecule has 0 spiro atoms. The number of fused-ring (bicyclic) bond motifs is 1. The monoisotopic (exact) mass is 376 g/mol. The molecule has 1 aromatic carbocycles. The highest BCUT2D eigenvalue weighted by Crippen LogP contribution is 2.24. The van der Waals surface area contributed by atoms with Crippen LogP contribution in [0.15, 0.2) is 48.8 Å². The van der Waals surface area contributed by atoms with Crippen molar-refractivity contribution < 1.29 is 0 Å². The molecular weight excluding hydrogens is 348 g/mol. The van der Waals surface area contributed by atoms with E-state index in [0.29, 0.717) is 11.9 Å². The fourth-order valence-electron chi connectivity index (χ4n) is 3.73. The molecule has 1 fully saturated rings. The number of nitrogens with one attached hydrogen (secondary N) is 1. The molecule has 3 aromatic rings. The predicted octanol–water partition coefficient (Wildman–Crippen LogP) is 3.13. The van der Waals surface area contributed by atoms with Crippen LogP contribution in [0.4, 0.5) is 5.82 Å². The minimum absolute atomic E-state index is 0.453. The number of nitrogens with zero attached hydrogens (tertiary/aromatic N) is 5. The number of likely N-dealkylation sites (N-methyl/N-ethyl adjacent to an activating group) is 1. The molecule has 28 heavy (non-hydrogen) atoms. The fraction of sp³-hybridized carbons (Fsp3) is 0.409. The smallest absolute Gasteiger partial charge is 0.163 e. The van der Waals surface area contributed by atoms with E-state index in [1.165, 1.54) is 0 Å². The molecule has 146 valence electrons. The van der Waals surface area contributed by atoms with E-state index in [1.54, 1.807) is 6.20 Å². The second-order valence-electron chi connectivity index (χ2n) is 7.35. The maximum absolute atomic E-state index is 4.82. The fourth-order valence-corrected chi connectivity index (χ4v) is 3.73. The summed E-state index contributed by atoms with van der Waals surface area (Å²) in [5.74, 6) is 1.60. The number of pyridine rings is 1. The number of benzene rings is 1. The first kappa shape index (κ1) is 18.8. The van der Waals surface area contributed by atoms with Gasteiger partial charge in [0.1, 0.15) is 5.82 Å². The minimum atomic E-state index is 0.453. The summed E-state index contributed by atoms with van der Waals surface area (Å²) in [5, 5.41) is 4.65. The van der Waals surface area contributed by atoms with Gasteiger partial charge in [0.2, 0.25) is 0 Å². The van der Waals surface area contributed by atoms with Gasteiger partial charge in [-0.05, 0) is 37.7 Å². The third-order valence-corrected chi connectivity index (χ3v) is 5.57. The Morgan fingerprint density at radius 2 is 1.86 bits per heavy atom. The Bertz CT molecular complexity index is 905. The van der Waals surface area contributed by atoms with Gasteiger partial charge in [0.25, 0.3) is 0 Å². The van der Waals surface area contributed by atoms with Crippen molar-refractivity contribution in [3.8, 4) is 11.4 Å². The second-order valence-corrected chi connectivity index (χ2v) is 7.35. The average molecular weight is 377 g/mol. The Labute approximate surface area is 166 Å². The summed E-state index contributed by atoms with van der Waals surface area (Å²) in [6.07, 6.45) is 3.58. The van der Waals surface area contributed by atoms with Gasteiger partial charge in [0, 0.05) is 62.1 Å². The highest BCUT2D eigenvalue weighted by molar-refractivity contribution is 5.90. The molecule has 1 saturated heterocycles. The number of hydrogen-bond acceptors (Lipinski definition) is 6. The van der Waals surface area contributed by atoms with Gasteiger partial charge < -0.3 is 10.2 Å². The van der Waals surface area contributed by atoms with Crippen molar-refractivity contribution in [3.05, 3.63) is 48.8 Å². The van der Waals surface area contributed by atoms with Crippen LogP contribution in [0.5, 0.6) is 0 Å². The Hall–Kier alpha value is -2.57. The van der Waals surface area contributed by atoms with Crippen LogP contribution in [0.25, 0.3) is 22.3 Å². The summed E-state index contributed by atoms with van der Waals surface area (Å²) in [4.78, 5) is 18.8. The van der Waals surface area contributed by atoms with E-state index in [2.05, 4.69) is 40.0 Å². The van der Waals surface area contributed by atoms with Gasteiger partial charge in [-0.15, -0.1) is 0 Å². The quantitative estimate of drug-likeness (QED) is 0.713. The molecular formula is C22H28N6. The lowest BCUT2D eigenvalue weighted by Crippen LogP contribution is -2.51. The SMILES string of the molecule is CCN1CCN(C(C)CNc2nc(-c3cccnc3)nc3ccccc23)CC1. The van der Waals surface area contributed by atoms with Crippen LogP contribution in [-0.2, 0) is 0 Å². The second kappa shape index (κ2) is 8.63. The Morgan fingerprint density at radius 1 is 1.04 bits per heavy atom. The number of anilines is 1. The van der Waals surface area contributed by atoms with Crippen LogP contribution >= 0.6 is 0 Å². The molecule has 0 aliphatic carbocycles. The Kier molecular flexibility index (Phi) is 5.78. The Morgan fingerprint density at radius 3 is 2.61 bits per heavy atom. The van der Waals surface area contributed by atoms with Gasteiger partial charge in [0.05, 0.1) is 5.52 Å². The van der Waals surface area contributed by atoms with Gasteiger partial charge in [-0.3, -0.25) is 9.88 Å². The zero-order valence-corrected chi connectivity index (χ0v) is 16.7. The summed E-state index contributed by atoms with van der Waals surface area (Å²) >= 11 is 0. The van der Waals surface area contributed by atoms with Crippen LogP contribution in [0.3, 0.4) is 0 Å². The van der Waals surface area contributed by atoms with E-state index in [0.717, 1.165) is 61.6 Å². The van der Waals surface area contributed by atoms with Gasteiger partial charge in [-0.2, -0.15) is 0 Å². The molecule has 1 aliphatic heterocycles. The van der Waals surface area contributed by atoms with E-state index >= 15 is 0 Å². The Balaban J connectivity index is 1.53. The van der Waals surface area contributed by atoms with E-state index in [1.807, 2.05) is 36.5 Å². The molecule has 1 N–H and O–H groups in total. The number of hydrogen-bond donors (Lipinski definition) is 1. The van der Waals surface area contributed by atoms with Crippen molar-refractivity contribution >= 4 is 16.7 Å². The molecule has 1 unspecified atom stereocenters. The first-order chi connectivity index (χ1) is 13.7. The van der Waals surface area contributed by atoms with Crippen molar-refractivity contribution in [2.24, 2.45) is 0 Å². The largest absolute Gasteiger partial charge is 0.368 e. The van der Waals surface area contributed by atoms with Crippen LogP contribution < -0.4 is 5.32 Å². The van der Waals surface area contributed by atoms with Crippen molar-refractivity contribution in [1.82, 2.24) is 24.8 Å².